The minimum absolute atomic E-state index is 0.248. The van der Waals surface area contributed by atoms with Crippen LogP contribution in [0.3, 0.4) is 0 Å². The van der Waals surface area contributed by atoms with E-state index in [4.69, 9.17) is 4.52 Å². The van der Waals surface area contributed by atoms with Gasteiger partial charge in [-0.15, -0.1) is 0 Å². The van der Waals surface area contributed by atoms with Gasteiger partial charge in [0.2, 0.25) is 0 Å². The quantitative estimate of drug-likeness (QED) is 0.750. The Morgan fingerprint density at radius 3 is 2.71 bits per heavy atom. The molecule has 3 rings (SSSR count). The number of hydrogen-bond acceptors (Lipinski definition) is 6. The summed E-state index contributed by atoms with van der Waals surface area (Å²) in [5.41, 5.74) is 2.61. The second kappa shape index (κ2) is 6.91. The standard InChI is InChI=1S/C17H17N5O2/c1-11-5-3-4-6-13(11)9-18-15-8-14(19-10-20-15)17(23)21-16-7-12(2)24-22-16/h3-8,10H,9H2,1-2H3,(H,18,19,20)(H,21,22,23). The van der Waals surface area contributed by atoms with Gasteiger partial charge in [-0.2, -0.15) is 0 Å². The molecule has 0 fully saturated rings. The number of aryl methyl sites for hydroxylation is 2. The molecule has 0 aliphatic carbocycles. The summed E-state index contributed by atoms with van der Waals surface area (Å²) in [5, 5.41) is 9.55. The summed E-state index contributed by atoms with van der Waals surface area (Å²) in [4.78, 5) is 20.3. The van der Waals surface area contributed by atoms with Crippen LogP contribution in [0, 0.1) is 13.8 Å². The van der Waals surface area contributed by atoms with Crippen molar-refractivity contribution < 1.29 is 9.32 Å². The zero-order valence-electron chi connectivity index (χ0n) is 13.4. The highest BCUT2D eigenvalue weighted by molar-refractivity contribution is 6.02. The van der Waals surface area contributed by atoms with Crippen LogP contribution in [0.5, 0.6) is 0 Å². The Morgan fingerprint density at radius 1 is 1.12 bits per heavy atom. The van der Waals surface area contributed by atoms with Gasteiger partial charge in [0.1, 0.15) is 23.6 Å². The number of carbonyl (C=O) groups excluding carboxylic acids is 1. The number of carbonyl (C=O) groups is 1. The number of nitrogens with one attached hydrogen (secondary N) is 2. The third-order valence-electron chi connectivity index (χ3n) is 3.49. The Hall–Kier alpha value is -3.22. The lowest BCUT2D eigenvalue weighted by Crippen LogP contribution is -2.15. The van der Waals surface area contributed by atoms with E-state index in [0.29, 0.717) is 23.9 Å². The van der Waals surface area contributed by atoms with E-state index in [1.54, 1.807) is 19.1 Å². The SMILES string of the molecule is Cc1cc(NC(=O)c2cc(NCc3ccccc3C)ncn2)no1. The summed E-state index contributed by atoms with van der Waals surface area (Å²) in [6.07, 6.45) is 1.35. The molecular formula is C17H17N5O2. The van der Waals surface area contributed by atoms with E-state index < -0.39 is 0 Å². The number of hydrogen-bond donors (Lipinski definition) is 2. The summed E-state index contributed by atoms with van der Waals surface area (Å²) in [6, 6.07) is 11.3. The fourth-order valence-electron chi connectivity index (χ4n) is 2.18. The van der Waals surface area contributed by atoms with Gasteiger partial charge >= 0.3 is 0 Å². The Kier molecular flexibility index (Phi) is 4.51. The number of rotatable bonds is 5. The minimum Gasteiger partial charge on any atom is -0.366 e. The molecule has 0 atom stereocenters. The zero-order valence-corrected chi connectivity index (χ0v) is 13.4. The predicted molar refractivity (Wildman–Crippen MR) is 89.7 cm³/mol. The van der Waals surface area contributed by atoms with Crippen LogP contribution in [0.15, 0.2) is 47.2 Å². The van der Waals surface area contributed by atoms with Gasteiger partial charge in [0.05, 0.1) is 0 Å². The summed E-state index contributed by atoms with van der Waals surface area (Å²) >= 11 is 0. The zero-order chi connectivity index (χ0) is 16.9. The van der Waals surface area contributed by atoms with Crippen molar-refractivity contribution in [3.05, 3.63) is 65.3 Å². The van der Waals surface area contributed by atoms with E-state index in [1.807, 2.05) is 18.2 Å². The molecule has 2 heterocycles. The molecule has 2 N–H and O–H groups in total. The van der Waals surface area contributed by atoms with Gasteiger partial charge in [-0.1, -0.05) is 29.4 Å². The van der Waals surface area contributed by atoms with E-state index in [0.717, 1.165) is 0 Å². The lowest BCUT2D eigenvalue weighted by atomic mass is 10.1. The molecule has 1 amide bonds. The van der Waals surface area contributed by atoms with E-state index in [9.17, 15) is 4.79 Å². The maximum Gasteiger partial charge on any atom is 0.275 e. The number of benzene rings is 1. The highest BCUT2D eigenvalue weighted by Gasteiger charge is 2.11. The van der Waals surface area contributed by atoms with Crippen LogP contribution in [0.4, 0.5) is 11.6 Å². The highest BCUT2D eigenvalue weighted by Crippen LogP contribution is 2.12. The lowest BCUT2D eigenvalue weighted by Gasteiger charge is -2.08. The maximum absolute atomic E-state index is 12.2. The number of nitrogens with zero attached hydrogens (tertiary/aromatic N) is 3. The van der Waals surface area contributed by atoms with Crippen molar-refractivity contribution in [1.29, 1.82) is 0 Å². The Morgan fingerprint density at radius 2 is 1.96 bits per heavy atom. The summed E-state index contributed by atoms with van der Waals surface area (Å²) < 4.78 is 4.91. The molecule has 0 bridgehead atoms. The first kappa shape index (κ1) is 15.7. The van der Waals surface area contributed by atoms with E-state index in [2.05, 4.69) is 38.7 Å². The van der Waals surface area contributed by atoms with Gasteiger partial charge < -0.3 is 15.2 Å². The van der Waals surface area contributed by atoms with Crippen LogP contribution in [-0.2, 0) is 6.54 Å². The highest BCUT2D eigenvalue weighted by atomic mass is 16.5. The lowest BCUT2D eigenvalue weighted by molar-refractivity contribution is 0.102. The van der Waals surface area contributed by atoms with Crippen molar-refractivity contribution in [3.63, 3.8) is 0 Å². The van der Waals surface area contributed by atoms with Crippen molar-refractivity contribution in [2.45, 2.75) is 20.4 Å². The Bertz CT molecular complexity index is 859. The molecular weight excluding hydrogens is 306 g/mol. The number of aromatic nitrogens is 3. The average molecular weight is 323 g/mol. The minimum atomic E-state index is -0.371. The molecule has 0 spiro atoms. The van der Waals surface area contributed by atoms with Gasteiger partial charge in [-0.3, -0.25) is 4.79 Å². The van der Waals surface area contributed by atoms with E-state index in [1.165, 1.54) is 17.5 Å². The van der Waals surface area contributed by atoms with Crippen LogP contribution in [0.2, 0.25) is 0 Å². The third kappa shape index (κ3) is 3.75. The first-order valence-electron chi connectivity index (χ1n) is 7.47. The maximum atomic E-state index is 12.2. The Balaban J connectivity index is 1.67. The molecule has 122 valence electrons. The molecule has 1 aromatic carbocycles. The summed E-state index contributed by atoms with van der Waals surface area (Å²) in [6.45, 7) is 4.42. The monoisotopic (exact) mass is 323 g/mol. The van der Waals surface area contributed by atoms with Crippen molar-refractivity contribution in [2.24, 2.45) is 0 Å². The molecule has 0 aliphatic rings. The van der Waals surface area contributed by atoms with Crippen molar-refractivity contribution >= 4 is 17.5 Å². The van der Waals surface area contributed by atoms with Crippen molar-refractivity contribution in [1.82, 2.24) is 15.1 Å². The van der Waals surface area contributed by atoms with Gasteiger partial charge in [-0.05, 0) is 25.0 Å². The normalized spacial score (nSPS) is 10.4. The molecule has 2 aromatic heterocycles. The molecule has 24 heavy (non-hydrogen) atoms. The number of amides is 1. The smallest absolute Gasteiger partial charge is 0.275 e. The van der Waals surface area contributed by atoms with Crippen molar-refractivity contribution in [3.8, 4) is 0 Å². The van der Waals surface area contributed by atoms with Crippen LogP contribution in [0.1, 0.15) is 27.4 Å². The molecule has 0 radical (unpaired) electrons. The molecule has 7 heteroatoms. The summed E-state index contributed by atoms with van der Waals surface area (Å²) in [5.74, 6) is 1.18. The first-order valence-corrected chi connectivity index (χ1v) is 7.47. The molecule has 0 unspecified atom stereocenters. The van der Waals surface area contributed by atoms with Crippen LogP contribution >= 0.6 is 0 Å². The van der Waals surface area contributed by atoms with Crippen molar-refractivity contribution in [2.75, 3.05) is 10.6 Å². The van der Waals surface area contributed by atoms with Crippen LogP contribution in [0.25, 0.3) is 0 Å². The number of anilines is 2. The first-order chi connectivity index (χ1) is 11.6. The summed E-state index contributed by atoms with van der Waals surface area (Å²) in [7, 11) is 0. The van der Waals surface area contributed by atoms with Gasteiger partial charge in [0, 0.05) is 18.7 Å². The second-order valence-electron chi connectivity index (χ2n) is 5.35. The molecule has 0 saturated carbocycles. The molecule has 7 nitrogen and oxygen atoms in total. The van der Waals surface area contributed by atoms with E-state index in [-0.39, 0.29) is 11.6 Å². The molecule has 3 aromatic rings. The van der Waals surface area contributed by atoms with Crippen LogP contribution < -0.4 is 10.6 Å². The molecule has 0 saturated heterocycles. The van der Waals surface area contributed by atoms with Gasteiger partial charge in [0.25, 0.3) is 5.91 Å². The average Bonchev–Trinajstić information content (AvgIpc) is 2.99. The van der Waals surface area contributed by atoms with Gasteiger partial charge in [-0.25, -0.2) is 9.97 Å². The van der Waals surface area contributed by atoms with Crippen LogP contribution in [-0.4, -0.2) is 21.0 Å². The largest absolute Gasteiger partial charge is 0.366 e. The fraction of sp³-hybridized carbons (Fsp3) is 0.176. The fourth-order valence-corrected chi connectivity index (χ4v) is 2.18. The molecule has 0 aliphatic heterocycles. The topological polar surface area (TPSA) is 92.9 Å². The third-order valence-corrected chi connectivity index (χ3v) is 3.49. The van der Waals surface area contributed by atoms with Gasteiger partial charge in [0.15, 0.2) is 5.82 Å². The second-order valence-corrected chi connectivity index (χ2v) is 5.35. The Labute approximate surface area is 139 Å². The van der Waals surface area contributed by atoms with E-state index >= 15 is 0 Å². The predicted octanol–water partition coefficient (Wildman–Crippen LogP) is 2.95.